The number of nitrogens with zero attached hydrogens (tertiary/aromatic N) is 4. The van der Waals surface area contributed by atoms with Gasteiger partial charge in [0.05, 0.1) is 5.69 Å². The minimum Gasteiger partial charge on any atom is -0.396 e. The van der Waals surface area contributed by atoms with Crippen molar-refractivity contribution in [3.05, 3.63) is 28.8 Å². The third-order valence-electron chi connectivity index (χ3n) is 2.12. The Kier molecular flexibility index (Phi) is 3.15. The van der Waals surface area contributed by atoms with E-state index >= 15 is 0 Å². The summed E-state index contributed by atoms with van der Waals surface area (Å²) in [6, 6.07) is 1.59. The maximum Gasteiger partial charge on any atom is 0.280 e. The molecule has 2 aromatic heterocycles. The monoisotopic (exact) mass is 266 g/mol. The van der Waals surface area contributed by atoms with Crippen LogP contribution in [0.25, 0.3) is 0 Å². The van der Waals surface area contributed by atoms with Crippen LogP contribution in [-0.4, -0.2) is 25.7 Å². The van der Waals surface area contributed by atoms with Crippen LogP contribution in [0.3, 0.4) is 0 Å². The van der Waals surface area contributed by atoms with Crippen LogP contribution in [-0.2, 0) is 7.05 Å². The lowest BCUT2D eigenvalue weighted by Crippen LogP contribution is -2.16. The van der Waals surface area contributed by atoms with E-state index in [1.807, 2.05) is 0 Å². The molecule has 2 aromatic rings. The number of nitrogens with one attached hydrogen (secondary N) is 1. The molecule has 0 atom stereocenters. The largest absolute Gasteiger partial charge is 0.396 e. The zero-order chi connectivity index (χ0) is 13.3. The van der Waals surface area contributed by atoms with Crippen LogP contribution < -0.4 is 11.1 Å². The summed E-state index contributed by atoms with van der Waals surface area (Å²) < 4.78 is 1.45. The second-order valence-electron chi connectivity index (χ2n) is 3.72. The van der Waals surface area contributed by atoms with E-state index in [9.17, 15) is 4.79 Å². The third kappa shape index (κ3) is 2.57. The van der Waals surface area contributed by atoms with Crippen LogP contribution in [0.4, 0.5) is 11.6 Å². The summed E-state index contributed by atoms with van der Waals surface area (Å²) in [4.78, 5) is 19.8. The number of hydrogen-bond donors (Lipinski definition) is 2. The first-order valence-corrected chi connectivity index (χ1v) is 5.45. The summed E-state index contributed by atoms with van der Waals surface area (Å²) in [5, 5.41) is 6.69. The average Bonchev–Trinajstić information content (AvgIpc) is 2.56. The minimum absolute atomic E-state index is 0.120. The molecular formula is C10H11ClN6O. The number of rotatable bonds is 2. The number of aryl methyl sites for hydroxylation is 2. The van der Waals surface area contributed by atoms with Crippen LogP contribution in [0.2, 0.25) is 5.15 Å². The second kappa shape index (κ2) is 4.61. The smallest absolute Gasteiger partial charge is 0.280 e. The number of anilines is 2. The van der Waals surface area contributed by atoms with Gasteiger partial charge in [-0.05, 0) is 13.0 Å². The van der Waals surface area contributed by atoms with Gasteiger partial charge in [0.25, 0.3) is 5.91 Å². The molecule has 2 heterocycles. The number of halogens is 1. The Bertz CT molecular complexity index is 588. The molecule has 18 heavy (non-hydrogen) atoms. The molecule has 1 amide bonds. The Balaban J connectivity index is 2.23. The highest BCUT2D eigenvalue weighted by molar-refractivity contribution is 6.29. The number of aromatic nitrogens is 4. The van der Waals surface area contributed by atoms with Crippen LogP contribution in [0.15, 0.2) is 12.3 Å². The van der Waals surface area contributed by atoms with Crippen molar-refractivity contribution in [2.75, 3.05) is 11.1 Å². The molecule has 0 bridgehead atoms. The lowest BCUT2D eigenvalue weighted by molar-refractivity contribution is 0.102. The molecule has 7 nitrogen and oxygen atoms in total. The van der Waals surface area contributed by atoms with Gasteiger partial charge in [0.15, 0.2) is 5.69 Å². The lowest BCUT2D eigenvalue weighted by atomic mass is 10.3. The molecule has 0 saturated carbocycles. The molecule has 3 N–H and O–H groups in total. The van der Waals surface area contributed by atoms with E-state index in [0.717, 1.165) is 0 Å². The van der Waals surface area contributed by atoms with E-state index in [1.54, 1.807) is 26.2 Å². The lowest BCUT2D eigenvalue weighted by Gasteiger charge is -2.03. The first kappa shape index (κ1) is 12.3. The summed E-state index contributed by atoms with van der Waals surface area (Å²) in [6.45, 7) is 1.75. The first-order chi connectivity index (χ1) is 8.45. The predicted octanol–water partition coefficient (Wildman–Crippen LogP) is 1.01. The van der Waals surface area contributed by atoms with E-state index in [2.05, 4.69) is 20.4 Å². The molecule has 0 aliphatic heterocycles. The van der Waals surface area contributed by atoms with Gasteiger partial charge < -0.3 is 5.73 Å². The van der Waals surface area contributed by atoms with Gasteiger partial charge >= 0.3 is 0 Å². The molecule has 0 fully saturated rings. The van der Waals surface area contributed by atoms with Gasteiger partial charge in [-0.2, -0.15) is 5.10 Å². The number of carbonyl (C=O) groups is 1. The van der Waals surface area contributed by atoms with Gasteiger partial charge in [0.2, 0.25) is 5.95 Å². The Hall–Kier alpha value is -2.15. The summed E-state index contributed by atoms with van der Waals surface area (Å²) in [7, 11) is 1.67. The summed E-state index contributed by atoms with van der Waals surface area (Å²) in [6.07, 6.45) is 1.54. The highest BCUT2D eigenvalue weighted by Crippen LogP contribution is 2.13. The molecule has 0 aromatic carbocycles. The SMILES string of the molecule is Cc1cc(Cl)nc(NC(=O)c2nn(C)cc2N)n1. The fourth-order valence-electron chi connectivity index (χ4n) is 1.43. The summed E-state index contributed by atoms with van der Waals surface area (Å²) >= 11 is 5.77. The third-order valence-corrected chi connectivity index (χ3v) is 2.31. The number of carbonyl (C=O) groups excluding carboxylic acids is 1. The summed E-state index contributed by atoms with van der Waals surface area (Å²) in [5.74, 6) is -0.357. The molecule has 0 saturated heterocycles. The Morgan fingerprint density at radius 1 is 1.50 bits per heavy atom. The maximum atomic E-state index is 11.9. The van der Waals surface area contributed by atoms with Crippen molar-refractivity contribution in [3.8, 4) is 0 Å². The predicted molar refractivity (Wildman–Crippen MR) is 67.4 cm³/mol. The van der Waals surface area contributed by atoms with Crippen molar-refractivity contribution in [1.82, 2.24) is 19.7 Å². The van der Waals surface area contributed by atoms with Crippen LogP contribution in [0.5, 0.6) is 0 Å². The van der Waals surface area contributed by atoms with E-state index in [4.69, 9.17) is 17.3 Å². The van der Waals surface area contributed by atoms with Crippen LogP contribution in [0, 0.1) is 6.92 Å². The Labute approximate surface area is 108 Å². The van der Waals surface area contributed by atoms with Crippen molar-refractivity contribution in [2.24, 2.45) is 7.05 Å². The molecule has 2 rings (SSSR count). The van der Waals surface area contributed by atoms with E-state index in [0.29, 0.717) is 5.69 Å². The zero-order valence-corrected chi connectivity index (χ0v) is 10.6. The van der Waals surface area contributed by atoms with Gasteiger partial charge in [-0.1, -0.05) is 11.6 Å². The van der Waals surface area contributed by atoms with Crippen molar-refractivity contribution in [3.63, 3.8) is 0 Å². The fourth-order valence-corrected chi connectivity index (χ4v) is 1.67. The van der Waals surface area contributed by atoms with Gasteiger partial charge in [0.1, 0.15) is 5.15 Å². The van der Waals surface area contributed by atoms with Gasteiger partial charge in [-0.15, -0.1) is 0 Å². The van der Waals surface area contributed by atoms with Crippen LogP contribution >= 0.6 is 11.6 Å². The number of hydrogen-bond acceptors (Lipinski definition) is 5. The number of nitrogens with two attached hydrogens (primary N) is 1. The summed E-state index contributed by atoms with van der Waals surface area (Å²) in [5.41, 5.74) is 6.71. The second-order valence-corrected chi connectivity index (χ2v) is 4.10. The highest BCUT2D eigenvalue weighted by atomic mass is 35.5. The quantitative estimate of drug-likeness (QED) is 0.790. The first-order valence-electron chi connectivity index (χ1n) is 5.07. The van der Waals surface area contributed by atoms with Crippen molar-refractivity contribution in [2.45, 2.75) is 6.92 Å². The maximum absolute atomic E-state index is 11.9. The minimum atomic E-state index is -0.477. The molecular weight excluding hydrogens is 256 g/mol. The zero-order valence-electron chi connectivity index (χ0n) is 9.81. The number of amides is 1. The Morgan fingerprint density at radius 3 is 2.78 bits per heavy atom. The number of nitrogen functional groups attached to an aromatic ring is 1. The molecule has 94 valence electrons. The normalized spacial score (nSPS) is 10.4. The topological polar surface area (TPSA) is 98.7 Å². The molecule has 0 aliphatic carbocycles. The van der Waals surface area contributed by atoms with Crippen molar-refractivity contribution in [1.29, 1.82) is 0 Å². The standard InChI is InChI=1S/C10H11ClN6O/c1-5-3-7(11)14-10(13-5)15-9(18)8-6(12)4-17(2)16-8/h3-4H,12H2,1-2H3,(H,13,14,15,18). The fraction of sp³-hybridized carbons (Fsp3) is 0.200. The van der Waals surface area contributed by atoms with Gasteiger partial charge in [-0.25, -0.2) is 9.97 Å². The molecule has 0 aliphatic rings. The average molecular weight is 267 g/mol. The van der Waals surface area contributed by atoms with E-state index in [-0.39, 0.29) is 22.5 Å². The Morgan fingerprint density at radius 2 is 2.22 bits per heavy atom. The van der Waals surface area contributed by atoms with Crippen molar-refractivity contribution >= 4 is 29.1 Å². The molecule has 0 unspecified atom stereocenters. The van der Waals surface area contributed by atoms with E-state index < -0.39 is 5.91 Å². The molecule has 0 spiro atoms. The van der Waals surface area contributed by atoms with Crippen LogP contribution in [0.1, 0.15) is 16.2 Å². The molecule has 0 radical (unpaired) electrons. The molecule has 8 heteroatoms. The van der Waals surface area contributed by atoms with Gasteiger partial charge in [-0.3, -0.25) is 14.8 Å². The highest BCUT2D eigenvalue weighted by Gasteiger charge is 2.15. The van der Waals surface area contributed by atoms with Gasteiger partial charge in [0, 0.05) is 18.9 Å². The van der Waals surface area contributed by atoms with E-state index in [1.165, 1.54) is 4.68 Å². The van der Waals surface area contributed by atoms with Crippen molar-refractivity contribution < 1.29 is 4.79 Å².